The molecule has 1 aromatic carbocycles. The van der Waals surface area contributed by atoms with Gasteiger partial charge in [0.1, 0.15) is 12.4 Å². The minimum atomic E-state index is -4.93. The monoisotopic (exact) mass is 298 g/mol. The molecule has 2 unspecified atom stereocenters. The Morgan fingerprint density at radius 3 is 2.32 bits per heavy atom. The topological polar surface area (TPSA) is 18.5 Å². The normalized spacial score (nSPS) is 22.9. The van der Waals surface area contributed by atoms with Gasteiger partial charge in [-0.05, 0) is 31.9 Å². The van der Waals surface area contributed by atoms with Crippen molar-refractivity contribution in [2.75, 3.05) is 6.61 Å². The van der Waals surface area contributed by atoms with E-state index in [0.29, 0.717) is 12.4 Å². The third kappa shape index (κ3) is 5.40. The van der Waals surface area contributed by atoms with Crippen LogP contribution in [-0.2, 0) is 4.74 Å². The van der Waals surface area contributed by atoms with Gasteiger partial charge in [0.25, 0.3) is 0 Å². The van der Waals surface area contributed by atoms with Crippen LogP contribution in [0.5, 0.6) is 5.75 Å². The fourth-order valence-corrected chi connectivity index (χ4v) is 1.98. The maximum Gasteiger partial charge on any atom is 1.00 e. The molecule has 0 radical (unpaired) electrons. The number of benzene rings is 1. The van der Waals surface area contributed by atoms with E-state index in [1.807, 2.05) is 6.92 Å². The molecule has 1 fully saturated rings. The van der Waals surface area contributed by atoms with Gasteiger partial charge in [-0.1, -0.05) is 12.1 Å². The summed E-state index contributed by atoms with van der Waals surface area (Å²) in [6, 6.07) is 4.80. The van der Waals surface area contributed by atoms with Crippen molar-refractivity contribution in [3.63, 3.8) is 0 Å². The molecule has 7 heteroatoms. The Kier molecular flexibility index (Phi) is 6.89. The van der Waals surface area contributed by atoms with Crippen molar-refractivity contribution >= 4 is 12.4 Å². The molecular formula is C12H15BF3KO2. The molecule has 0 saturated carbocycles. The quantitative estimate of drug-likeness (QED) is 0.710. The largest absolute Gasteiger partial charge is 1.00 e. The van der Waals surface area contributed by atoms with E-state index in [9.17, 15) is 12.9 Å². The smallest absolute Gasteiger partial charge is 0.491 e. The number of ether oxygens (including phenoxy) is 2. The van der Waals surface area contributed by atoms with Crippen molar-refractivity contribution in [2.24, 2.45) is 0 Å². The van der Waals surface area contributed by atoms with E-state index in [-0.39, 0.29) is 63.6 Å². The maximum atomic E-state index is 12.4. The molecule has 0 aliphatic carbocycles. The van der Waals surface area contributed by atoms with E-state index < -0.39 is 12.4 Å². The molecule has 1 aliphatic heterocycles. The fourth-order valence-electron chi connectivity index (χ4n) is 1.98. The molecule has 1 heterocycles. The first-order chi connectivity index (χ1) is 8.45. The zero-order valence-corrected chi connectivity index (χ0v) is 14.2. The molecule has 1 saturated heterocycles. The number of hydrogen-bond acceptors (Lipinski definition) is 2. The predicted molar refractivity (Wildman–Crippen MR) is 64.2 cm³/mol. The van der Waals surface area contributed by atoms with Gasteiger partial charge in [0.15, 0.2) is 0 Å². The third-order valence-electron chi connectivity index (χ3n) is 3.01. The minimum absolute atomic E-state index is 0. The summed E-state index contributed by atoms with van der Waals surface area (Å²) in [6.07, 6.45) is 2.23. The average Bonchev–Trinajstić information content (AvgIpc) is 2.72. The molecule has 0 spiro atoms. The van der Waals surface area contributed by atoms with Gasteiger partial charge in [-0.15, -0.1) is 5.46 Å². The molecule has 0 aromatic heterocycles. The van der Waals surface area contributed by atoms with Crippen LogP contribution in [0.1, 0.15) is 19.8 Å². The van der Waals surface area contributed by atoms with Gasteiger partial charge in [0.05, 0.1) is 12.2 Å². The first kappa shape index (κ1) is 17.5. The zero-order valence-electron chi connectivity index (χ0n) is 11.1. The molecule has 2 rings (SSSR count). The van der Waals surface area contributed by atoms with Gasteiger partial charge in [-0.3, -0.25) is 0 Å². The van der Waals surface area contributed by atoms with Crippen LogP contribution in [0.2, 0.25) is 0 Å². The second-order valence-corrected chi connectivity index (χ2v) is 4.60. The third-order valence-corrected chi connectivity index (χ3v) is 3.01. The minimum Gasteiger partial charge on any atom is -0.491 e. The van der Waals surface area contributed by atoms with Crippen molar-refractivity contribution in [2.45, 2.75) is 32.0 Å². The molecule has 0 amide bonds. The maximum absolute atomic E-state index is 12.4. The van der Waals surface area contributed by atoms with E-state index in [4.69, 9.17) is 9.47 Å². The Labute approximate surface area is 153 Å². The second-order valence-electron chi connectivity index (χ2n) is 4.60. The van der Waals surface area contributed by atoms with Crippen molar-refractivity contribution in [3.8, 4) is 5.75 Å². The second kappa shape index (κ2) is 7.47. The molecule has 0 bridgehead atoms. The zero-order chi connectivity index (χ0) is 13.2. The summed E-state index contributed by atoms with van der Waals surface area (Å²) in [6.45, 7) is -2.54. The summed E-state index contributed by atoms with van der Waals surface area (Å²) in [4.78, 5) is 0. The van der Waals surface area contributed by atoms with Crippen LogP contribution in [-0.4, -0.2) is 25.8 Å². The van der Waals surface area contributed by atoms with E-state index >= 15 is 0 Å². The standard InChI is InChI=1S/C12H15BF3O2.K/c1-9-2-5-12(18-9)8-17-11-6-3-10(4-7-11)13(14,15)16;/h3-4,6-7,9,12H,2,5,8H2,1H3;/q-1;+1. The van der Waals surface area contributed by atoms with Crippen molar-refractivity contribution in [1.29, 1.82) is 0 Å². The molecular weight excluding hydrogens is 283 g/mol. The molecule has 100 valence electrons. The Morgan fingerprint density at radius 1 is 1.21 bits per heavy atom. The molecule has 1 aromatic rings. The molecule has 2 atom stereocenters. The summed E-state index contributed by atoms with van der Waals surface area (Å²) in [5.41, 5.74) is -0.604. The fraction of sp³-hybridized carbons (Fsp3) is 0.500. The Bertz CT molecular complexity index is 397. The van der Waals surface area contributed by atoms with Crippen LogP contribution in [0, 0.1) is 0 Å². The van der Waals surface area contributed by atoms with Crippen molar-refractivity contribution < 1.29 is 73.8 Å². The van der Waals surface area contributed by atoms with Crippen LogP contribution < -0.4 is 61.6 Å². The summed E-state index contributed by atoms with van der Waals surface area (Å²) >= 11 is 0. The molecule has 19 heavy (non-hydrogen) atoms. The van der Waals surface area contributed by atoms with E-state index in [2.05, 4.69) is 0 Å². The number of hydrogen-bond donors (Lipinski definition) is 0. The Balaban J connectivity index is 0.00000180. The van der Waals surface area contributed by atoms with Crippen molar-refractivity contribution in [1.82, 2.24) is 0 Å². The molecule has 2 nitrogen and oxygen atoms in total. The Morgan fingerprint density at radius 2 is 1.84 bits per heavy atom. The van der Waals surface area contributed by atoms with E-state index in [1.54, 1.807) is 0 Å². The number of rotatable bonds is 4. The van der Waals surface area contributed by atoms with Crippen molar-refractivity contribution in [3.05, 3.63) is 24.3 Å². The van der Waals surface area contributed by atoms with Gasteiger partial charge in [-0.25, -0.2) is 0 Å². The predicted octanol–water partition coefficient (Wildman–Crippen LogP) is -0.309. The summed E-state index contributed by atoms with van der Waals surface area (Å²) in [5.74, 6) is 0.446. The van der Waals surface area contributed by atoms with Crippen LogP contribution >= 0.6 is 0 Å². The number of halogens is 3. The first-order valence-electron chi connectivity index (χ1n) is 6.03. The molecule has 0 N–H and O–H groups in total. The van der Waals surface area contributed by atoms with E-state index in [0.717, 1.165) is 25.0 Å². The average molecular weight is 298 g/mol. The van der Waals surface area contributed by atoms with Gasteiger partial charge < -0.3 is 22.4 Å². The Hall–Kier alpha value is 0.471. The SMILES string of the molecule is CC1CCC(COc2ccc([B-](F)(F)F)cc2)O1.[K+]. The van der Waals surface area contributed by atoms with Gasteiger partial charge in [0, 0.05) is 0 Å². The summed E-state index contributed by atoms with van der Waals surface area (Å²) in [5, 5.41) is 0. The van der Waals surface area contributed by atoms with Crippen LogP contribution in [0.25, 0.3) is 0 Å². The first-order valence-corrected chi connectivity index (χ1v) is 6.03. The summed E-state index contributed by atoms with van der Waals surface area (Å²) in [7, 11) is 0. The van der Waals surface area contributed by atoms with Crippen LogP contribution in [0.3, 0.4) is 0 Å². The summed E-state index contributed by atoms with van der Waals surface area (Å²) < 4.78 is 48.2. The molecule has 1 aliphatic rings. The van der Waals surface area contributed by atoms with Crippen LogP contribution in [0.15, 0.2) is 24.3 Å². The van der Waals surface area contributed by atoms with Crippen LogP contribution in [0.4, 0.5) is 12.9 Å². The van der Waals surface area contributed by atoms with Gasteiger partial charge in [-0.2, -0.15) is 0 Å². The van der Waals surface area contributed by atoms with Gasteiger partial charge in [0.2, 0.25) is 0 Å². The van der Waals surface area contributed by atoms with E-state index in [1.165, 1.54) is 12.1 Å². The van der Waals surface area contributed by atoms with Gasteiger partial charge >= 0.3 is 58.4 Å².